The summed E-state index contributed by atoms with van der Waals surface area (Å²) in [6.07, 6.45) is 0.969. The molecule has 1 aromatic heterocycles. The molecule has 5 heteroatoms. The second-order valence-corrected chi connectivity index (χ2v) is 4.71. The number of hydrogen-bond acceptors (Lipinski definition) is 3. The lowest BCUT2D eigenvalue weighted by Gasteiger charge is -2.13. The van der Waals surface area contributed by atoms with Gasteiger partial charge < -0.3 is 4.57 Å². The molecular weight excluding hydrogens is 266 g/mol. The van der Waals surface area contributed by atoms with Gasteiger partial charge in [0.25, 0.3) is 11.5 Å². The normalized spacial score (nSPS) is 10.4. The molecule has 0 aliphatic rings. The van der Waals surface area contributed by atoms with Gasteiger partial charge in [0.05, 0.1) is 5.69 Å². The fourth-order valence-corrected chi connectivity index (χ4v) is 2.31. The molecule has 0 radical (unpaired) electrons. The van der Waals surface area contributed by atoms with Crippen LogP contribution in [0.15, 0.2) is 41.2 Å². The summed E-state index contributed by atoms with van der Waals surface area (Å²) >= 11 is 0. The first kappa shape index (κ1) is 15.0. The van der Waals surface area contributed by atoms with Gasteiger partial charge in [0.1, 0.15) is 5.56 Å². The van der Waals surface area contributed by atoms with Crippen LogP contribution in [0.4, 0.5) is 0 Å². The number of aryl methyl sites for hydroxylation is 1. The minimum absolute atomic E-state index is 0.0493. The fourth-order valence-electron chi connectivity index (χ4n) is 2.31. The first-order chi connectivity index (χ1) is 10.1. The van der Waals surface area contributed by atoms with Crippen LogP contribution in [0.1, 0.15) is 29.8 Å². The zero-order valence-corrected chi connectivity index (χ0v) is 12.2. The smallest absolute Gasteiger partial charge is 0.270 e. The molecule has 0 spiro atoms. The molecule has 3 N–H and O–H groups in total. The standard InChI is InChI=1S/C16H19N3O2/c1-3-11-5-7-12(8-6-11)14-10-9-13(15(20)18-17)16(21)19(14)4-2/h5-10H,3-4,17H2,1-2H3,(H,18,20). The van der Waals surface area contributed by atoms with Crippen molar-refractivity contribution in [2.45, 2.75) is 26.8 Å². The van der Waals surface area contributed by atoms with Crippen molar-refractivity contribution in [3.63, 3.8) is 0 Å². The van der Waals surface area contributed by atoms with Crippen molar-refractivity contribution >= 4 is 5.91 Å². The number of amides is 1. The van der Waals surface area contributed by atoms with Crippen LogP contribution in [0, 0.1) is 0 Å². The summed E-state index contributed by atoms with van der Waals surface area (Å²) in [5.41, 5.74) is 4.69. The fraction of sp³-hybridized carbons (Fsp3) is 0.250. The molecule has 21 heavy (non-hydrogen) atoms. The Morgan fingerprint density at radius 2 is 1.81 bits per heavy atom. The van der Waals surface area contributed by atoms with Crippen LogP contribution in [0.5, 0.6) is 0 Å². The Morgan fingerprint density at radius 1 is 1.14 bits per heavy atom. The third-order valence-corrected chi connectivity index (χ3v) is 3.52. The van der Waals surface area contributed by atoms with E-state index in [-0.39, 0.29) is 11.1 Å². The number of nitrogens with one attached hydrogen (secondary N) is 1. The van der Waals surface area contributed by atoms with Gasteiger partial charge >= 0.3 is 0 Å². The maximum Gasteiger partial charge on any atom is 0.270 e. The maximum atomic E-state index is 12.4. The number of aromatic nitrogens is 1. The molecule has 2 rings (SSSR count). The second-order valence-electron chi connectivity index (χ2n) is 4.71. The van der Waals surface area contributed by atoms with Crippen molar-refractivity contribution in [3.8, 4) is 11.3 Å². The van der Waals surface area contributed by atoms with E-state index in [2.05, 4.69) is 6.92 Å². The van der Waals surface area contributed by atoms with Gasteiger partial charge in [-0.15, -0.1) is 0 Å². The van der Waals surface area contributed by atoms with Crippen LogP contribution in [0.3, 0.4) is 0 Å². The summed E-state index contributed by atoms with van der Waals surface area (Å²) < 4.78 is 1.57. The van der Waals surface area contributed by atoms with Crippen molar-refractivity contribution in [2.24, 2.45) is 5.84 Å². The van der Waals surface area contributed by atoms with Gasteiger partial charge in [-0.05, 0) is 36.6 Å². The molecule has 5 nitrogen and oxygen atoms in total. The highest BCUT2D eigenvalue weighted by atomic mass is 16.2. The minimum atomic E-state index is -0.574. The van der Waals surface area contributed by atoms with Crippen LogP contribution < -0.4 is 16.8 Å². The monoisotopic (exact) mass is 285 g/mol. The van der Waals surface area contributed by atoms with Gasteiger partial charge in [0, 0.05) is 6.54 Å². The van der Waals surface area contributed by atoms with Gasteiger partial charge in [0.2, 0.25) is 0 Å². The number of carbonyl (C=O) groups excluding carboxylic acids is 1. The van der Waals surface area contributed by atoms with Crippen molar-refractivity contribution in [1.29, 1.82) is 0 Å². The average molecular weight is 285 g/mol. The van der Waals surface area contributed by atoms with Gasteiger partial charge in [-0.3, -0.25) is 15.0 Å². The summed E-state index contributed by atoms with van der Waals surface area (Å²) in [4.78, 5) is 23.9. The van der Waals surface area contributed by atoms with Crippen molar-refractivity contribution < 1.29 is 4.79 Å². The Balaban J connectivity index is 2.56. The molecule has 1 aromatic carbocycles. The molecule has 0 atom stereocenters. The van der Waals surface area contributed by atoms with Gasteiger partial charge in [-0.1, -0.05) is 31.2 Å². The van der Waals surface area contributed by atoms with Crippen LogP contribution >= 0.6 is 0 Å². The first-order valence-corrected chi connectivity index (χ1v) is 6.96. The SMILES string of the molecule is CCc1ccc(-c2ccc(C(=O)NN)c(=O)n2CC)cc1. The molecule has 1 amide bonds. The number of nitrogens with two attached hydrogens (primary N) is 1. The van der Waals surface area contributed by atoms with E-state index in [1.807, 2.05) is 36.6 Å². The Kier molecular flexibility index (Phi) is 4.55. The predicted molar refractivity (Wildman–Crippen MR) is 82.8 cm³/mol. The van der Waals surface area contributed by atoms with Gasteiger partial charge in [-0.25, -0.2) is 5.84 Å². The topological polar surface area (TPSA) is 77.1 Å². The number of carbonyl (C=O) groups is 1. The Hall–Kier alpha value is -2.40. The summed E-state index contributed by atoms with van der Waals surface area (Å²) in [7, 11) is 0. The largest absolute Gasteiger partial charge is 0.308 e. The van der Waals surface area contributed by atoms with Crippen molar-refractivity contribution in [1.82, 2.24) is 9.99 Å². The van der Waals surface area contributed by atoms with Crippen molar-refractivity contribution in [3.05, 3.63) is 57.9 Å². The van der Waals surface area contributed by atoms with Crippen LogP contribution in [0.2, 0.25) is 0 Å². The van der Waals surface area contributed by atoms with E-state index in [9.17, 15) is 9.59 Å². The van der Waals surface area contributed by atoms with Gasteiger partial charge in [0.15, 0.2) is 0 Å². The summed E-state index contributed by atoms with van der Waals surface area (Å²) in [6, 6.07) is 11.3. The molecule has 0 saturated heterocycles. The highest BCUT2D eigenvalue weighted by Gasteiger charge is 2.14. The molecular formula is C16H19N3O2. The highest BCUT2D eigenvalue weighted by Crippen LogP contribution is 2.19. The third-order valence-electron chi connectivity index (χ3n) is 3.52. The first-order valence-electron chi connectivity index (χ1n) is 6.96. The summed E-state index contributed by atoms with van der Waals surface area (Å²) in [5.74, 6) is 4.52. The molecule has 1 heterocycles. The quantitative estimate of drug-likeness (QED) is 0.510. The number of benzene rings is 1. The molecule has 2 aromatic rings. The Bertz CT molecular complexity index is 702. The summed E-state index contributed by atoms with van der Waals surface area (Å²) in [5, 5.41) is 0. The number of rotatable bonds is 4. The number of nitrogen functional groups attached to an aromatic ring is 1. The third kappa shape index (κ3) is 2.87. The number of pyridine rings is 1. The van der Waals surface area contributed by atoms with Crippen LogP contribution in [0.25, 0.3) is 11.3 Å². The molecule has 0 unspecified atom stereocenters. The van der Waals surface area contributed by atoms with E-state index in [4.69, 9.17) is 5.84 Å². The molecule has 0 aliphatic heterocycles. The summed E-state index contributed by atoms with van der Waals surface area (Å²) in [6.45, 7) is 4.45. The number of nitrogens with zero attached hydrogens (tertiary/aromatic N) is 1. The van der Waals surface area contributed by atoms with E-state index in [1.54, 1.807) is 10.6 Å². The highest BCUT2D eigenvalue weighted by molar-refractivity contribution is 5.93. The maximum absolute atomic E-state index is 12.4. The Labute approximate surface area is 123 Å². The van der Waals surface area contributed by atoms with Crippen LogP contribution in [-0.4, -0.2) is 10.5 Å². The zero-order valence-electron chi connectivity index (χ0n) is 12.2. The Morgan fingerprint density at radius 3 is 2.33 bits per heavy atom. The van der Waals surface area contributed by atoms with E-state index in [0.717, 1.165) is 17.7 Å². The minimum Gasteiger partial charge on any atom is -0.308 e. The van der Waals surface area contributed by atoms with Gasteiger partial charge in [-0.2, -0.15) is 0 Å². The number of hydrazine groups is 1. The molecule has 0 fully saturated rings. The lowest BCUT2D eigenvalue weighted by atomic mass is 10.1. The number of hydrogen-bond donors (Lipinski definition) is 2. The average Bonchev–Trinajstić information content (AvgIpc) is 2.54. The van der Waals surface area contributed by atoms with E-state index < -0.39 is 5.91 Å². The molecule has 0 saturated carbocycles. The van der Waals surface area contributed by atoms with E-state index in [1.165, 1.54) is 11.6 Å². The van der Waals surface area contributed by atoms with E-state index in [0.29, 0.717) is 6.54 Å². The second kappa shape index (κ2) is 6.37. The lowest BCUT2D eigenvalue weighted by Crippen LogP contribution is -2.36. The molecule has 0 bridgehead atoms. The molecule has 110 valence electrons. The lowest BCUT2D eigenvalue weighted by molar-refractivity contribution is 0.0951. The van der Waals surface area contributed by atoms with Crippen LogP contribution in [-0.2, 0) is 13.0 Å². The van der Waals surface area contributed by atoms with Crippen molar-refractivity contribution in [2.75, 3.05) is 0 Å². The van der Waals surface area contributed by atoms with E-state index >= 15 is 0 Å². The predicted octanol–water partition coefficient (Wildman–Crippen LogP) is 1.70. The molecule has 0 aliphatic carbocycles. The zero-order chi connectivity index (χ0) is 15.4.